The lowest BCUT2D eigenvalue weighted by molar-refractivity contribution is 1.02. The molecule has 1 aromatic carbocycles. The molecule has 0 spiro atoms. The largest absolute Gasteiger partial charge is 0.307 e. The summed E-state index contributed by atoms with van der Waals surface area (Å²) < 4.78 is 1.84. The molecule has 0 radical (unpaired) electrons. The van der Waals surface area contributed by atoms with Crippen LogP contribution in [0.4, 0.5) is 5.82 Å². The first-order chi connectivity index (χ1) is 9.67. The summed E-state index contributed by atoms with van der Waals surface area (Å²) in [4.78, 5) is 9.49. The van der Waals surface area contributed by atoms with Gasteiger partial charge in [0.1, 0.15) is 5.03 Å². The summed E-state index contributed by atoms with van der Waals surface area (Å²) >= 11 is 13.5. The summed E-state index contributed by atoms with van der Waals surface area (Å²) in [5.74, 6) is 5.96. The van der Waals surface area contributed by atoms with E-state index in [9.17, 15) is 0 Å². The fourth-order valence-electron chi connectivity index (χ4n) is 1.70. The molecule has 0 unspecified atom stereocenters. The number of hydrazine groups is 1. The maximum absolute atomic E-state index is 6.17. The van der Waals surface area contributed by atoms with Crippen LogP contribution in [0.15, 0.2) is 46.7 Å². The monoisotopic (exact) mass is 325 g/mol. The standard InChI is InChI=1S/C12H9Cl2N5S/c13-7-1-2-8(14)9(5-7)20-12-11-16-3-4-19(11)6-10(17-12)18-15/h1-6,18H,15H2. The molecule has 3 rings (SSSR count). The van der Waals surface area contributed by atoms with Crippen LogP contribution in [0.1, 0.15) is 0 Å². The maximum atomic E-state index is 6.17. The summed E-state index contributed by atoms with van der Waals surface area (Å²) in [6.07, 6.45) is 5.27. The van der Waals surface area contributed by atoms with Gasteiger partial charge >= 0.3 is 0 Å². The maximum Gasteiger partial charge on any atom is 0.170 e. The highest BCUT2D eigenvalue weighted by molar-refractivity contribution is 7.99. The Morgan fingerprint density at radius 1 is 1.30 bits per heavy atom. The zero-order chi connectivity index (χ0) is 14.1. The van der Waals surface area contributed by atoms with Crippen LogP contribution in [0.2, 0.25) is 10.0 Å². The molecule has 0 aliphatic rings. The van der Waals surface area contributed by atoms with Crippen molar-refractivity contribution in [3.05, 3.63) is 46.8 Å². The topological polar surface area (TPSA) is 68.2 Å². The zero-order valence-corrected chi connectivity index (χ0v) is 12.4. The second-order valence-corrected chi connectivity index (χ2v) is 5.78. The lowest BCUT2D eigenvalue weighted by Gasteiger charge is -2.08. The minimum absolute atomic E-state index is 0.538. The van der Waals surface area contributed by atoms with Crippen molar-refractivity contribution in [1.82, 2.24) is 14.4 Å². The number of halogens is 2. The highest BCUT2D eigenvalue weighted by Crippen LogP contribution is 2.36. The smallest absolute Gasteiger partial charge is 0.170 e. The van der Waals surface area contributed by atoms with E-state index in [0.29, 0.717) is 20.9 Å². The third kappa shape index (κ3) is 2.55. The molecule has 2 heterocycles. The molecule has 0 atom stereocenters. The van der Waals surface area contributed by atoms with Gasteiger partial charge < -0.3 is 9.83 Å². The molecule has 8 heteroatoms. The number of benzene rings is 1. The molecule has 0 bridgehead atoms. The summed E-state index contributed by atoms with van der Waals surface area (Å²) in [5, 5.41) is 1.91. The third-order valence-corrected chi connectivity index (χ3v) is 4.29. The minimum atomic E-state index is 0.538. The number of fused-ring (bicyclic) bond motifs is 1. The van der Waals surface area contributed by atoms with Gasteiger partial charge in [-0.2, -0.15) is 0 Å². The van der Waals surface area contributed by atoms with Crippen LogP contribution in [-0.4, -0.2) is 14.4 Å². The zero-order valence-electron chi connectivity index (χ0n) is 10.0. The Bertz CT molecular complexity index is 774. The molecule has 0 saturated heterocycles. The van der Waals surface area contributed by atoms with Gasteiger partial charge in [0.25, 0.3) is 0 Å². The molecule has 0 saturated carbocycles. The van der Waals surface area contributed by atoms with Crippen LogP contribution in [0.25, 0.3) is 5.65 Å². The average molecular weight is 326 g/mol. The molecule has 0 aliphatic heterocycles. The number of anilines is 1. The molecular formula is C12H9Cl2N5S. The molecule has 3 aromatic rings. The number of hydrogen-bond donors (Lipinski definition) is 2. The molecule has 0 fully saturated rings. The Balaban J connectivity index is 2.09. The van der Waals surface area contributed by atoms with Crippen LogP contribution < -0.4 is 11.3 Å². The van der Waals surface area contributed by atoms with Crippen LogP contribution >= 0.6 is 35.0 Å². The summed E-state index contributed by atoms with van der Waals surface area (Å²) in [7, 11) is 0. The number of hydrogen-bond acceptors (Lipinski definition) is 5. The molecule has 2 aromatic heterocycles. The van der Waals surface area contributed by atoms with E-state index in [4.69, 9.17) is 29.0 Å². The van der Waals surface area contributed by atoms with E-state index in [1.54, 1.807) is 30.6 Å². The van der Waals surface area contributed by atoms with Crippen molar-refractivity contribution >= 4 is 46.4 Å². The van der Waals surface area contributed by atoms with Crippen LogP contribution in [-0.2, 0) is 0 Å². The highest BCUT2D eigenvalue weighted by Gasteiger charge is 2.11. The third-order valence-electron chi connectivity index (χ3n) is 2.59. The fourth-order valence-corrected chi connectivity index (χ4v) is 3.12. The molecule has 0 amide bonds. The van der Waals surface area contributed by atoms with Gasteiger partial charge in [0.05, 0.1) is 11.2 Å². The van der Waals surface area contributed by atoms with Crippen LogP contribution in [0.5, 0.6) is 0 Å². The first-order valence-corrected chi connectivity index (χ1v) is 7.18. The lowest BCUT2D eigenvalue weighted by Crippen LogP contribution is -2.10. The quantitative estimate of drug-likeness (QED) is 0.570. The number of nitrogens with zero attached hydrogens (tertiary/aromatic N) is 3. The van der Waals surface area contributed by atoms with Gasteiger partial charge in [-0.3, -0.25) is 0 Å². The Kier molecular flexibility index (Phi) is 3.71. The Labute approximate surface area is 129 Å². The molecule has 102 valence electrons. The van der Waals surface area contributed by atoms with Gasteiger partial charge in [0, 0.05) is 22.3 Å². The van der Waals surface area contributed by atoms with Gasteiger partial charge in [-0.25, -0.2) is 15.8 Å². The van der Waals surface area contributed by atoms with Gasteiger partial charge in [-0.1, -0.05) is 35.0 Å². The molecule has 5 nitrogen and oxygen atoms in total. The van der Waals surface area contributed by atoms with Crippen molar-refractivity contribution in [2.75, 3.05) is 5.43 Å². The van der Waals surface area contributed by atoms with Crippen LogP contribution in [0.3, 0.4) is 0 Å². The molecule has 3 N–H and O–H groups in total. The predicted octanol–water partition coefficient (Wildman–Crippen LogP) is 3.47. The second-order valence-electron chi connectivity index (χ2n) is 3.91. The van der Waals surface area contributed by atoms with Crippen molar-refractivity contribution < 1.29 is 0 Å². The van der Waals surface area contributed by atoms with Crippen molar-refractivity contribution in [2.24, 2.45) is 5.84 Å². The van der Waals surface area contributed by atoms with E-state index in [1.165, 1.54) is 11.8 Å². The number of aromatic nitrogens is 3. The van der Waals surface area contributed by atoms with E-state index in [2.05, 4.69) is 15.4 Å². The molecule has 0 aliphatic carbocycles. The van der Waals surface area contributed by atoms with Crippen LogP contribution in [0, 0.1) is 0 Å². The number of nitrogens with two attached hydrogens (primary N) is 1. The van der Waals surface area contributed by atoms with E-state index in [-0.39, 0.29) is 0 Å². The predicted molar refractivity (Wildman–Crippen MR) is 81.4 cm³/mol. The number of nitrogens with one attached hydrogen (secondary N) is 1. The van der Waals surface area contributed by atoms with Crippen molar-refractivity contribution in [2.45, 2.75) is 9.92 Å². The summed E-state index contributed by atoms with van der Waals surface area (Å²) in [6, 6.07) is 5.28. The highest BCUT2D eigenvalue weighted by atomic mass is 35.5. The number of imidazole rings is 1. The van der Waals surface area contributed by atoms with E-state index in [0.717, 1.165) is 10.5 Å². The lowest BCUT2D eigenvalue weighted by atomic mass is 10.4. The Morgan fingerprint density at radius 2 is 2.15 bits per heavy atom. The van der Waals surface area contributed by atoms with Crippen molar-refractivity contribution in [1.29, 1.82) is 0 Å². The average Bonchev–Trinajstić information content (AvgIpc) is 2.91. The van der Waals surface area contributed by atoms with E-state index >= 15 is 0 Å². The van der Waals surface area contributed by atoms with E-state index < -0.39 is 0 Å². The first kappa shape index (κ1) is 13.5. The van der Waals surface area contributed by atoms with Crippen molar-refractivity contribution in [3.8, 4) is 0 Å². The molecule has 20 heavy (non-hydrogen) atoms. The Morgan fingerprint density at radius 3 is 2.95 bits per heavy atom. The van der Waals surface area contributed by atoms with Crippen molar-refractivity contribution in [3.63, 3.8) is 0 Å². The van der Waals surface area contributed by atoms with E-state index in [1.807, 2.05) is 10.6 Å². The van der Waals surface area contributed by atoms with Gasteiger partial charge in [0.2, 0.25) is 0 Å². The summed E-state index contributed by atoms with van der Waals surface area (Å²) in [6.45, 7) is 0. The molecular weight excluding hydrogens is 317 g/mol. The number of nitrogen functional groups attached to an aromatic ring is 1. The fraction of sp³-hybridized carbons (Fsp3) is 0. The Hall–Kier alpha value is -1.47. The minimum Gasteiger partial charge on any atom is -0.307 e. The van der Waals surface area contributed by atoms with Gasteiger partial charge in [0.15, 0.2) is 11.5 Å². The van der Waals surface area contributed by atoms with Gasteiger partial charge in [-0.15, -0.1) is 0 Å². The first-order valence-electron chi connectivity index (χ1n) is 5.60. The number of rotatable bonds is 3. The summed E-state index contributed by atoms with van der Waals surface area (Å²) in [5.41, 5.74) is 3.26. The SMILES string of the molecule is NNc1cn2ccnc2c(Sc2cc(Cl)ccc2Cl)n1. The van der Waals surface area contributed by atoms with Gasteiger partial charge in [-0.05, 0) is 18.2 Å². The second kappa shape index (κ2) is 5.49. The normalized spacial score (nSPS) is 10.9.